The van der Waals surface area contributed by atoms with Gasteiger partial charge in [0, 0.05) is 22.8 Å². The Labute approximate surface area is 196 Å². The molecule has 2 aromatic carbocycles. The number of carbonyl (C=O) groups excluding carboxylic acids is 2. The molecule has 3 atom stereocenters. The Bertz CT molecular complexity index is 987. The van der Waals surface area contributed by atoms with Gasteiger partial charge in [-0.2, -0.15) is 0 Å². The quantitative estimate of drug-likeness (QED) is 0.489. The second-order valence-corrected chi connectivity index (χ2v) is 8.32. The monoisotopic (exact) mass is 475 g/mol. The molecule has 33 heavy (non-hydrogen) atoms. The average molecular weight is 476 g/mol. The molecule has 0 bridgehead atoms. The highest BCUT2D eigenvalue weighted by Crippen LogP contribution is 2.32. The van der Waals surface area contributed by atoms with Crippen LogP contribution in [0.15, 0.2) is 42.5 Å². The van der Waals surface area contributed by atoms with Crippen molar-refractivity contribution in [3.63, 3.8) is 0 Å². The summed E-state index contributed by atoms with van der Waals surface area (Å²) >= 11 is 5.84. The largest absolute Gasteiger partial charge is 0.454 e. The molecule has 0 aliphatic carbocycles. The third kappa shape index (κ3) is 6.07. The molecule has 0 aromatic heterocycles. The number of rotatable bonds is 7. The smallest absolute Gasteiger partial charge is 0.319 e. The Balaban J connectivity index is 1.21. The lowest BCUT2D eigenvalue weighted by Gasteiger charge is -2.36. The Hall–Kier alpha value is -3.01. The zero-order valence-electron chi connectivity index (χ0n) is 17.9. The summed E-state index contributed by atoms with van der Waals surface area (Å²) in [7, 11) is 0. The number of urea groups is 1. The Morgan fingerprint density at radius 3 is 2.64 bits per heavy atom. The molecule has 0 saturated carbocycles. The van der Waals surface area contributed by atoms with Crippen molar-refractivity contribution < 1.29 is 28.9 Å². The number of carbonyl (C=O) groups is 2. The normalized spacial score (nSPS) is 21.3. The number of halogens is 1. The van der Waals surface area contributed by atoms with Crippen LogP contribution in [0.2, 0.25) is 5.02 Å². The number of anilines is 1. The summed E-state index contributed by atoms with van der Waals surface area (Å²) < 4.78 is 16.6. The van der Waals surface area contributed by atoms with Crippen molar-refractivity contribution in [3.8, 4) is 11.5 Å². The van der Waals surface area contributed by atoms with Crippen LogP contribution >= 0.6 is 11.6 Å². The fourth-order valence-electron chi connectivity index (χ4n) is 3.85. The molecule has 9 nitrogen and oxygen atoms in total. The molecule has 3 amide bonds. The summed E-state index contributed by atoms with van der Waals surface area (Å²) in [5.74, 6) is 0.882. The van der Waals surface area contributed by atoms with E-state index in [4.69, 9.17) is 25.8 Å². The number of aliphatic hydroxyl groups is 1. The van der Waals surface area contributed by atoms with Crippen LogP contribution in [0.4, 0.5) is 10.5 Å². The van der Waals surface area contributed by atoms with E-state index in [-0.39, 0.29) is 37.5 Å². The minimum absolute atomic E-state index is 0.128. The number of nitrogens with one attached hydrogen (secondary N) is 3. The third-order valence-corrected chi connectivity index (χ3v) is 5.85. The highest BCUT2D eigenvalue weighted by molar-refractivity contribution is 6.30. The number of ether oxygens (including phenoxy) is 3. The predicted molar refractivity (Wildman–Crippen MR) is 122 cm³/mol. The van der Waals surface area contributed by atoms with Gasteiger partial charge in [0.2, 0.25) is 6.79 Å². The first-order valence-corrected chi connectivity index (χ1v) is 11.2. The maximum absolute atomic E-state index is 12.7. The van der Waals surface area contributed by atoms with Gasteiger partial charge in [0.15, 0.2) is 11.5 Å². The lowest BCUT2D eigenvalue weighted by molar-refractivity contribution is -0.0892. The maximum atomic E-state index is 12.7. The minimum Gasteiger partial charge on any atom is -0.454 e. The fraction of sp³-hybridized carbons (Fsp3) is 0.391. The molecule has 0 spiro atoms. The molecular weight excluding hydrogens is 450 g/mol. The molecule has 176 valence electrons. The van der Waals surface area contributed by atoms with Crippen LogP contribution in [0.25, 0.3) is 0 Å². The zero-order chi connectivity index (χ0) is 23.2. The van der Waals surface area contributed by atoms with Gasteiger partial charge in [0.1, 0.15) is 6.10 Å². The molecule has 2 aliphatic heterocycles. The number of hydrogen-bond donors (Lipinski definition) is 4. The second-order valence-electron chi connectivity index (χ2n) is 7.88. The first kappa shape index (κ1) is 23.2. The molecule has 4 rings (SSSR count). The molecule has 4 N–H and O–H groups in total. The summed E-state index contributed by atoms with van der Waals surface area (Å²) in [5, 5.41) is 18.9. The average Bonchev–Trinajstić information content (AvgIpc) is 3.29. The summed E-state index contributed by atoms with van der Waals surface area (Å²) in [6.07, 6.45) is 1.29. The van der Waals surface area contributed by atoms with Gasteiger partial charge in [-0.1, -0.05) is 11.6 Å². The molecule has 10 heteroatoms. The standard InChI is InChI=1S/C23H26ClN3O6/c24-15-2-4-16(5-3-15)26-23(30)25-10-9-17-6-7-18(21(12-28)33-17)27-22(29)14-1-8-19-20(11-14)32-13-31-19/h1-5,8,11,17-18,21,28H,6-7,9-10,12-13H2,(H,27,29)(H2,25,26,30)/t17-,18+,21-/m0/s1. The summed E-state index contributed by atoms with van der Waals surface area (Å²) in [4.78, 5) is 24.7. The molecule has 1 saturated heterocycles. The zero-order valence-corrected chi connectivity index (χ0v) is 18.6. The van der Waals surface area contributed by atoms with E-state index in [1.54, 1.807) is 42.5 Å². The fourth-order valence-corrected chi connectivity index (χ4v) is 3.98. The Morgan fingerprint density at radius 2 is 1.85 bits per heavy atom. The predicted octanol–water partition coefficient (Wildman–Crippen LogP) is 2.92. The SMILES string of the molecule is O=C(NCC[C@@H]1CC[C@@H](NC(=O)c2ccc3c(c2)OCO3)[C@H](CO)O1)Nc1ccc(Cl)cc1. The van der Waals surface area contributed by atoms with Crippen LogP contribution in [0.1, 0.15) is 29.6 Å². The van der Waals surface area contributed by atoms with E-state index in [9.17, 15) is 14.7 Å². The van der Waals surface area contributed by atoms with Gasteiger partial charge >= 0.3 is 6.03 Å². The van der Waals surface area contributed by atoms with Crippen LogP contribution in [0.3, 0.4) is 0 Å². The molecule has 2 aromatic rings. The van der Waals surface area contributed by atoms with Gasteiger partial charge in [0.25, 0.3) is 5.91 Å². The lowest BCUT2D eigenvalue weighted by atomic mass is 9.96. The Morgan fingerprint density at radius 1 is 1.06 bits per heavy atom. The summed E-state index contributed by atoms with van der Waals surface area (Å²) in [6.45, 7) is 0.339. The van der Waals surface area contributed by atoms with Gasteiger partial charge in [0.05, 0.1) is 18.8 Å². The van der Waals surface area contributed by atoms with E-state index in [0.29, 0.717) is 53.6 Å². The van der Waals surface area contributed by atoms with Gasteiger partial charge in [-0.15, -0.1) is 0 Å². The first-order valence-electron chi connectivity index (χ1n) is 10.8. The van der Waals surface area contributed by atoms with Crippen molar-refractivity contribution in [1.82, 2.24) is 10.6 Å². The number of amides is 3. The van der Waals surface area contributed by atoms with Gasteiger partial charge in [-0.05, 0) is 61.7 Å². The topological polar surface area (TPSA) is 118 Å². The van der Waals surface area contributed by atoms with E-state index < -0.39 is 6.10 Å². The number of aliphatic hydroxyl groups excluding tert-OH is 1. The molecule has 0 unspecified atom stereocenters. The van der Waals surface area contributed by atoms with E-state index in [0.717, 1.165) is 0 Å². The first-order chi connectivity index (χ1) is 16.0. The molecule has 0 radical (unpaired) electrons. The Kier molecular flexibility index (Phi) is 7.54. The van der Waals surface area contributed by atoms with Gasteiger partial charge in [-0.25, -0.2) is 4.79 Å². The van der Waals surface area contributed by atoms with Crippen LogP contribution in [0, 0.1) is 0 Å². The van der Waals surface area contributed by atoms with Crippen molar-refractivity contribution in [2.45, 2.75) is 37.5 Å². The molecule has 1 fully saturated rings. The number of fused-ring (bicyclic) bond motifs is 1. The number of hydrogen-bond acceptors (Lipinski definition) is 6. The lowest BCUT2D eigenvalue weighted by Crippen LogP contribution is -2.51. The highest BCUT2D eigenvalue weighted by Gasteiger charge is 2.32. The van der Waals surface area contributed by atoms with E-state index in [1.807, 2.05) is 0 Å². The van der Waals surface area contributed by atoms with Crippen molar-refractivity contribution in [2.75, 3.05) is 25.3 Å². The number of benzene rings is 2. The summed E-state index contributed by atoms with van der Waals surface area (Å²) in [6, 6.07) is 11.2. The highest BCUT2D eigenvalue weighted by atomic mass is 35.5. The minimum atomic E-state index is -0.524. The van der Waals surface area contributed by atoms with E-state index in [2.05, 4.69) is 16.0 Å². The van der Waals surface area contributed by atoms with Crippen LogP contribution < -0.4 is 25.4 Å². The van der Waals surface area contributed by atoms with Crippen LogP contribution in [-0.2, 0) is 4.74 Å². The third-order valence-electron chi connectivity index (χ3n) is 5.60. The molecular formula is C23H26ClN3O6. The molecule has 2 heterocycles. The van der Waals surface area contributed by atoms with Gasteiger partial charge in [-0.3, -0.25) is 4.79 Å². The maximum Gasteiger partial charge on any atom is 0.319 e. The van der Waals surface area contributed by atoms with Gasteiger partial charge < -0.3 is 35.3 Å². The van der Waals surface area contributed by atoms with Crippen molar-refractivity contribution in [1.29, 1.82) is 0 Å². The summed E-state index contributed by atoms with van der Waals surface area (Å²) in [5.41, 5.74) is 1.10. The van der Waals surface area contributed by atoms with Crippen molar-refractivity contribution in [2.24, 2.45) is 0 Å². The molecule has 2 aliphatic rings. The van der Waals surface area contributed by atoms with E-state index in [1.165, 1.54) is 0 Å². The van der Waals surface area contributed by atoms with Crippen molar-refractivity contribution in [3.05, 3.63) is 53.1 Å². The second kappa shape index (κ2) is 10.7. The van der Waals surface area contributed by atoms with Crippen LogP contribution in [0.5, 0.6) is 11.5 Å². The van der Waals surface area contributed by atoms with Crippen LogP contribution in [-0.4, -0.2) is 55.2 Å². The van der Waals surface area contributed by atoms with Crippen molar-refractivity contribution >= 4 is 29.2 Å². The van der Waals surface area contributed by atoms with E-state index >= 15 is 0 Å².